The van der Waals surface area contributed by atoms with E-state index in [1.54, 1.807) is 0 Å². The van der Waals surface area contributed by atoms with E-state index in [4.69, 9.17) is 9.47 Å². The van der Waals surface area contributed by atoms with Crippen molar-refractivity contribution in [2.45, 2.75) is 25.4 Å². The predicted octanol–water partition coefficient (Wildman–Crippen LogP) is 3.74. The third-order valence-corrected chi connectivity index (χ3v) is 4.19. The van der Waals surface area contributed by atoms with E-state index in [2.05, 4.69) is 37.2 Å². The van der Waals surface area contributed by atoms with Gasteiger partial charge in [-0.1, -0.05) is 15.9 Å². The van der Waals surface area contributed by atoms with Crippen molar-refractivity contribution in [1.82, 2.24) is 0 Å². The summed E-state index contributed by atoms with van der Waals surface area (Å²) in [5.41, 5.74) is 0.753. The fourth-order valence-corrected chi connectivity index (χ4v) is 2.67. The van der Waals surface area contributed by atoms with Gasteiger partial charge in [-0.25, -0.2) is 0 Å². The zero-order valence-corrected chi connectivity index (χ0v) is 14.2. The van der Waals surface area contributed by atoms with E-state index in [0.29, 0.717) is 19.6 Å². The molecule has 1 heterocycles. The number of benzene rings is 1. The van der Waals surface area contributed by atoms with Gasteiger partial charge in [0.1, 0.15) is 0 Å². The Labute approximate surface area is 135 Å². The topological polar surface area (TPSA) is 47.6 Å². The summed E-state index contributed by atoms with van der Waals surface area (Å²) in [6.07, 6.45) is 2.70. The molecule has 1 fully saturated rings. The zero-order valence-electron chi connectivity index (χ0n) is 11.0. The van der Waals surface area contributed by atoms with Crippen LogP contribution < -0.4 is 5.32 Å². The minimum absolute atomic E-state index is 0.0591. The summed E-state index contributed by atoms with van der Waals surface area (Å²) in [7, 11) is 0. The minimum atomic E-state index is -0.0591. The molecule has 2 rings (SSSR count). The number of anilines is 1. The normalized spacial score (nSPS) is 18.2. The largest absolute Gasteiger partial charge is 0.378 e. The molecule has 1 unspecified atom stereocenters. The second kappa shape index (κ2) is 8.12. The molecule has 1 aromatic rings. The van der Waals surface area contributed by atoms with Crippen molar-refractivity contribution in [3.63, 3.8) is 0 Å². The fourth-order valence-electron chi connectivity index (χ4n) is 1.96. The number of halogens is 2. The summed E-state index contributed by atoms with van der Waals surface area (Å²) >= 11 is 6.78. The zero-order chi connectivity index (χ0) is 14.4. The van der Waals surface area contributed by atoms with Gasteiger partial charge in [0.25, 0.3) is 0 Å². The first-order chi connectivity index (χ1) is 9.65. The molecule has 0 radical (unpaired) electrons. The Morgan fingerprint density at radius 1 is 1.45 bits per heavy atom. The van der Waals surface area contributed by atoms with Crippen molar-refractivity contribution >= 4 is 43.5 Å². The summed E-state index contributed by atoms with van der Waals surface area (Å²) in [6, 6.07) is 5.65. The van der Waals surface area contributed by atoms with E-state index in [1.807, 2.05) is 18.2 Å². The molecule has 1 aromatic carbocycles. The fraction of sp³-hybridized carbons (Fsp3) is 0.500. The molecular weight excluding hydrogens is 390 g/mol. The van der Waals surface area contributed by atoms with Crippen LogP contribution in [-0.4, -0.2) is 31.8 Å². The van der Waals surface area contributed by atoms with Crippen molar-refractivity contribution in [3.8, 4) is 0 Å². The van der Waals surface area contributed by atoms with Gasteiger partial charge in [-0.15, -0.1) is 0 Å². The minimum Gasteiger partial charge on any atom is -0.378 e. The van der Waals surface area contributed by atoms with E-state index in [-0.39, 0.29) is 12.0 Å². The first kappa shape index (κ1) is 15.9. The number of hydrogen-bond donors (Lipinski definition) is 1. The molecule has 6 heteroatoms. The monoisotopic (exact) mass is 405 g/mol. The summed E-state index contributed by atoms with van der Waals surface area (Å²) < 4.78 is 12.7. The van der Waals surface area contributed by atoms with Gasteiger partial charge >= 0.3 is 0 Å². The van der Waals surface area contributed by atoms with Crippen molar-refractivity contribution in [2.75, 3.05) is 25.1 Å². The van der Waals surface area contributed by atoms with Gasteiger partial charge in [-0.05, 0) is 47.0 Å². The molecular formula is C14H17Br2NO3. The molecule has 0 saturated carbocycles. The standard InChI is InChI=1S/C14H17Br2NO3/c15-10-3-4-12(16)13(8-10)17-14(18)5-7-19-9-11-2-1-6-20-11/h3-4,8,11H,1-2,5-7,9H2,(H,17,18). The molecule has 110 valence electrons. The number of rotatable bonds is 6. The Morgan fingerprint density at radius 3 is 3.05 bits per heavy atom. The third-order valence-electron chi connectivity index (χ3n) is 3.00. The van der Waals surface area contributed by atoms with Gasteiger partial charge in [0.05, 0.1) is 31.4 Å². The molecule has 4 nitrogen and oxygen atoms in total. The Balaban J connectivity index is 1.68. The Hall–Kier alpha value is -0.430. The van der Waals surface area contributed by atoms with E-state index < -0.39 is 0 Å². The average molecular weight is 407 g/mol. The van der Waals surface area contributed by atoms with E-state index in [0.717, 1.165) is 34.1 Å². The maximum Gasteiger partial charge on any atom is 0.226 e. The second-order valence-electron chi connectivity index (χ2n) is 4.63. The van der Waals surface area contributed by atoms with Crippen molar-refractivity contribution in [1.29, 1.82) is 0 Å². The van der Waals surface area contributed by atoms with Crippen LogP contribution in [0.4, 0.5) is 5.69 Å². The Morgan fingerprint density at radius 2 is 2.30 bits per heavy atom. The highest BCUT2D eigenvalue weighted by molar-refractivity contribution is 9.11. The molecule has 1 aliphatic rings. The lowest BCUT2D eigenvalue weighted by Crippen LogP contribution is -2.18. The number of amides is 1. The van der Waals surface area contributed by atoms with Crippen LogP contribution >= 0.6 is 31.9 Å². The van der Waals surface area contributed by atoms with Crippen LogP contribution in [0.25, 0.3) is 0 Å². The summed E-state index contributed by atoms with van der Waals surface area (Å²) in [4.78, 5) is 11.8. The van der Waals surface area contributed by atoms with Crippen LogP contribution in [0.3, 0.4) is 0 Å². The van der Waals surface area contributed by atoms with Gasteiger partial charge in [-0.3, -0.25) is 4.79 Å². The van der Waals surface area contributed by atoms with Gasteiger partial charge in [0, 0.05) is 15.6 Å². The maximum atomic E-state index is 11.8. The average Bonchev–Trinajstić information content (AvgIpc) is 2.92. The molecule has 0 aromatic heterocycles. The van der Waals surface area contributed by atoms with Crippen molar-refractivity contribution in [2.24, 2.45) is 0 Å². The molecule has 1 amide bonds. The molecule has 20 heavy (non-hydrogen) atoms. The number of carbonyl (C=O) groups is 1. The molecule has 0 spiro atoms. The van der Waals surface area contributed by atoms with Crippen LogP contribution in [0.1, 0.15) is 19.3 Å². The second-order valence-corrected chi connectivity index (χ2v) is 6.40. The van der Waals surface area contributed by atoms with Crippen LogP contribution in [0.15, 0.2) is 27.1 Å². The van der Waals surface area contributed by atoms with Crippen LogP contribution in [0.5, 0.6) is 0 Å². The van der Waals surface area contributed by atoms with Crippen molar-refractivity contribution in [3.05, 3.63) is 27.1 Å². The van der Waals surface area contributed by atoms with E-state index in [1.165, 1.54) is 0 Å². The number of ether oxygens (including phenoxy) is 2. The van der Waals surface area contributed by atoms with Gasteiger partial charge in [-0.2, -0.15) is 0 Å². The van der Waals surface area contributed by atoms with Crippen LogP contribution in [-0.2, 0) is 14.3 Å². The lowest BCUT2D eigenvalue weighted by Gasteiger charge is -2.11. The highest BCUT2D eigenvalue weighted by Crippen LogP contribution is 2.26. The van der Waals surface area contributed by atoms with Crippen molar-refractivity contribution < 1.29 is 14.3 Å². The highest BCUT2D eigenvalue weighted by Gasteiger charge is 2.15. The smallest absolute Gasteiger partial charge is 0.226 e. The molecule has 0 bridgehead atoms. The van der Waals surface area contributed by atoms with Gasteiger partial charge in [0.15, 0.2) is 0 Å². The first-order valence-corrected chi connectivity index (χ1v) is 8.18. The summed E-state index contributed by atoms with van der Waals surface area (Å²) in [5.74, 6) is -0.0591. The lowest BCUT2D eigenvalue weighted by molar-refractivity contribution is -0.117. The SMILES string of the molecule is O=C(CCOCC1CCCO1)Nc1cc(Br)ccc1Br. The molecule has 1 saturated heterocycles. The Kier molecular flexibility index (Phi) is 6.48. The first-order valence-electron chi connectivity index (χ1n) is 6.59. The van der Waals surface area contributed by atoms with Gasteiger partial charge in [0.2, 0.25) is 5.91 Å². The lowest BCUT2D eigenvalue weighted by atomic mass is 10.2. The Bertz CT molecular complexity index is 462. The number of carbonyl (C=O) groups excluding carboxylic acids is 1. The quantitative estimate of drug-likeness (QED) is 0.732. The maximum absolute atomic E-state index is 11.8. The summed E-state index contributed by atoms with van der Waals surface area (Å²) in [5, 5.41) is 2.85. The highest BCUT2D eigenvalue weighted by atomic mass is 79.9. The summed E-state index contributed by atoms with van der Waals surface area (Å²) in [6.45, 7) is 1.82. The molecule has 1 atom stereocenters. The molecule has 1 aliphatic heterocycles. The molecule has 0 aliphatic carbocycles. The van der Waals surface area contributed by atoms with Crippen LogP contribution in [0, 0.1) is 0 Å². The van der Waals surface area contributed by atoms with Gasteiger partial charge < -0.3 is 14.8 Å². The predicted molar refractivity (Wildman–Crippen MR) is 84.9 cm³/mol. The van der Waals surface area contributed by atoms with Crippen LogP contribution in [0.2, 0.25) is 0 Å². The number of hydrogen-bond acceptors (Lipinski definition) is 3. The number of nitrogens with one attached hydrogen (secondary N) is 1. The van der Waals surface area contributed by atoms with E-state index in [9.17, 15) is 4.79 Å². The third kappa shape index (κ3) is 5.16. The van der Waals surface area contributed by atoms with E-state index >= 15 is 0 Å². The molecule has 1 N–H and O–H groups in total.